The van der Waals surface area contributed by atoms with Crippen LogP contribution in [-0.4, -0.2) is 19.6 Å². The summed E-state index contributed by atoms with van der Waals surface area (Å²) in [5.74, 6) is 6.38. The lowest BCUT2D eigenvalue weighted by molar-refractivity contribution is 1.01. The Morgan fingerprint density at radius 2 is 1.94 bits per heavy atom. The van der Waals surface area contributed by atoms with Crippen molar-refractivity contribution < 1.29 is 0 Å². The molecule has 0 aliphatic heterocycles. The Hall–Kier alpha value is -2.63. The van der Waals surface area contributed by atoms with Gasteiger partial charge in [0.05, 0.1) is 0 Å². The van der Waals surface area contributed by atoms with Crippen molar-refractivity contribution in [2.75, 3.05) is 11.2 Å². The fourth-order valence-corrected chi connectivity index (χ4v) is 1.76. The Labute approximate surface area is 103 Å². The lowest BCUT2D eigenvalue weighted by atomic mass is 10.2. The van der Waals surface area contributed by atoms with E-state index in [9.17, 15) is 0 Å². The van der Waals surface area contributed by atoms with Crippen molar-refractivity contribution in [1.82, 2.24) is 19.6 Å². The van der Waals surface area contributed by atoms with Crippen LogP contribution in [-0.2, 0) is 6.54 Å². The molecule has 2 aromatic heterocycles. The number of benzene rings is 1. The summed E-state index contributed by atoms with van der Waals surface area (Å²) in [6, 6.07) is 10.1. The molecular weight excluding hydrogens is 228 g/mol. The second-order valence-corrected chi connectivity index (χ2v) is 3.89. The summed E-state index contributed by atoms with van der Waals surface area (Å²) >= 11 is 0. The number of hydrogen-bond acceptors (Lipinski definition) is 5. The number of rotatable bonds is 3. The van der Waals surface area contributed by atoms with Crippen LogP contribution in [0, 0.1) is 0 Å². The van der Waals surface area contributed by atoms with Crippen LogP contribution in [0.4, 0.5) is 5.82 Å². The fraction of sp³-hybridized carbons (Fsp3) is 0.0833. The van der Waals surface area contributed by atoms with Gasteiger partial charge in [-0.25, -0.2) is 19.6 Å². The van der Waals surface area contributed by atoms with Gasteiger partial charge < -0.3 is 11.2 Å². The van der Waals surface area contributed by atoms with E-state index >= 15 is 0 Å². The topological polar surface area (TPSA) is 81.7 Å². The molecule has 0 saturated carbocycles. The van der Waals surface area contributed by atoms with Crippen LogP contribution < -0.4 is 11.2 Å². The maximum absolute atomic E-state index is 5.69. The van der Waals surface area contributed by atoms with Crippen LogP contribution in [0.3, 0.4) is 0 Å². The molecular formula is C12H12N6. The van der Waals surface area contributed by atoms with Gasteiger partial charge in [-0.15, -0.1) is 0 Å². The Morgan fingerprint density at radius 3 is 2.78 bits per heavy atom. The molecule has 0 fully saturated rings. The second kappa shape index (κ2) is 4.33. The van der Waals surface area contributed by atoms with Crippen LogP contribution in [0.25, 0.3) is 11.2 Å². The number of fused-ring (bicyclic) bond motifs is 1. The van der Waals surface area contributed by atoms with Crippen LogP contribution in [0.15, 0.2) is 43.0 Å². The highest BCUT2D eigenvalue weighted by Gasteiger charge is 2.07. The first kappa shape index (κ1) is 10.5. The van der Waals surface area contributed by atoms with Crippen LogP contribution in [0.1, 0.15) is 5.56 Å². The summed E-state index contributed by atoms with van der Waals surface area (Å²) < 4.78 is 1.38. The SMILES string of the molecule is Nn1cnc2c(NCc3ccccc3)ncnc21. The molecule has 1 aromatic carbocycles. The lowest BCUT2D eigenvalue weighted by Crippen LogP contribution is -2.07. The van der Waals surface area contributed by atoms with E-state index < -0.39 is 0 Å². The first-order chi connectivity index (χ1) is 8.84. The van der Waals surface area contributed by atoms with Gasteiger partial charge >= 0.3 is 0 Å². The molecule has 3 N–H and O–H groups in total. The number of nitrogens with zero attached hydrogens (tertiary/aromatic N) is 4. The summed E-state index contributed by atoms with van der Waals surface area (Å²) in [5.41, 5.74) is 2.47. The molecule has 0 atom stereocenters. The van der Waals surface area contributed by atoms with E-state index in [2.05, 4.69) is 20.3 Å². The number of imidazole rings is 1. The van der Waals surface area contributed by atoms with Gasteiger partial charge in [-0.1, -0.05) is 30.3 Å². The Balaban J connectivity index is 1.87. The van der Waals surface area contributed by atoms with E-state index in [1.807, 2.05) is 30.3 Å². The normalized spacial score (nSPS) is 10.7. The van der Waals surface area contributed by atoms with Crippen LogP contribution >= 0.6 is 0 Å². The molecule has 3 aromatic rings. The Kier molecular flexibility index (Phi) is 2.53. The van der Waals surface area contributed by atoms with Gasteiger partial charge in [-0.05, 0) is 5.56 Å². The third-order valence-corrected chi connectivity index (χ3v) is 2.66. The van der Waals surface area contributed by atoms with Gasteiger partial charge in [0.25, 0.3) is 0 Å². The number of nitrogens with one attached hydrogen (secondary N) is 1. The zero-order chi connectivity index (χ0) is 12.4. The molecule has 3 rings (SSSR count). The van der Waals surface area contributed by atoms with Gasteiger partial charge in [0.1, 0.15) is 12.7 Å². The third kappa shape index (κ3) is 1.84. The Bertz CT molecular complexity index is 661. The molecule has 2 heterocycles. The van der Waals surface area contributed by atoms with Crippen molar-refractivity contribution in [3.63, 3.8) is 0 Å². The fourth-order valence-electron chi connectivity index (χ4n) is 1.76. The monoisotopic (exact) mass is 240 g/mol. The van der Waals surface area contributed by atoms with Crippen molar-refractivity contribution in [1.29, 1.82) is 0 Å². The van der Waals surface area contributed by atoms with E-state index in [1.165, 1.54) is 22.9 Å². The van der Waals surface area contributed by atoms with Crippen LogP contribution in [0.5, 0.6) is 0 Å². The molecule has 0 spiro atoms. The Morgan fingerprint density at radius 1 is 1.11 bits per heavy atom. The number of hydrogen-bond donors (Lipinski definition) is 2. The molecule has 90 valence electrons. The zero-order valence-corrected chi connectivity index (χ0v) is 9.61. The molecule has 0 radical (unpaired) electrons. The van der Waals surface area contributed by atoms with E-state index in [0.29, 0.717) is 23.5 Å². The zero-order valence-electron chi connectivity index (χ0n) is 9.61. The highest BCUT2D eigenvalue weighted by atomic mass is 15.3. The molecule has 0 unspecified atom stereocenters. The minimum Gasteiger partial charge on any atom is -0.364 e. The molecule has 0 amide bonds. The second-order valence-electron chi connectivity index (χ2n) is 3.89. The average molecular weight is 240 g/mol. The highest BCUT2D eigenvalue weighted by Crippen LogP contribution is 2.16. The van der Waals surface area contributed by atoms with Gasteiger partial charge in [0, 0.05) is 6.54 Å². The predicted molar refractivity (Wildman–Crippen MR) is 69.2 cm³/mol. The van der Waals surface area contributed by atoms with E-state index in [4.69, 9.17) is 5.84 Å². The quantitative estimate of drug-likeness (QED) is 0.671. The molecule has 0 aliphatic carbocycles. The molecule has 0 aliphatic rings. The highest BCUT2D eigenvalue weighted by molar-refractivity contribution is 5.82. The van der Waals surface area contributed by atoms with E-state index in [0.717, 1.165) is 0 Å². The maximum atomic E-state index is 5.69. The van der Waals surface area contributed by atoms with E-state index in [-0.39, 0.29) is 0 Å². The summed E-state index contributed by atoms with van der Waals surface area (Å²) in [6.07, 6.45) is 2.99. The molecule has 6 heteroatoms. The third-order valence-electron chi connectivity index (χ3n) is 2.66. The van der Waals surface area contributed by atoms with Crippen molar-refractivity contribution in [2.45, 2.75) is 6.54 Å². The van der Waals surface area contributed by atoms with Crippen molar-refractivity contribution in [3.05, 3.63) is 48.5 Å². The molecule has 6 nitrogen and oxygen atoms in total. The van der Waals surface area contributed by atoms with Crippen LogP contribution in [0.2, 0.25) is 0 Å². The summed E-state index contributed by atoms with van der Waals surface area (Å²) in [7, 11) is 0. The molecule has 18 heavy (non-hydrogen) atoms. The number of anilines is 1. The van der Waals surface area contributed by atoms with Crippen molar-refractivity contribution in [2.24, 2.45) is 0 Å². The molecule has 0 saturated heterocycles. The lowest BCUT2D eigenvalue weighted by Gasteiger charge is -2.05. The van der Waals surface area contributed by atoms with Crippen molar-refractivity contribution in [3.8, 4) is 0 Å². The van der Waals surface area contributed by atoms with Gasteiger partial charge in [0.2, 0.25) is 0 Å². The smallest absolute Gasteiger partial charge is 0.183 e. The minimum absolute atomic E-state index is 0.612. The van der Waals surface area contributed by atoms with Crippen molar-refractivity contribution >= 4 is 17.0 Å². The minimum atomic E-state index is 0.612. The maximum Gasteiger partial charge on any atom is 0.183 e. The van der Waals surface area contributed by atoms with E-state index in [1.54, 1.807) is 0 Å². The predicted octanol–water partition coefficient (Wildman–Crippen LogP) is 1.15. The average Bonchev–Trinajstić information content (AvgIpc) is 2.80. The largest absolute Gasteiger partial charge is 0.364 e. The number of nitrogens with two attached hydrogens (primary N) is 1. The van der Waals surface area contributed by atoms with Gasteiger partial charge in [-0.2, -0.15) is 0 Å². The first-order valence-electron chi connectivity index (χ1n) is 5.55. The first-order valence-corrected chi connectivity index (χ1v) is 5.55. The number of aromatic nitrogens is 4. The van der Waals surface area contributed by atoms with Gasteiger partial charge in [-0.3, -0.25) is 0 Å². The summed E-state index contributed by atoms with van der Waals surface area (Å²) in [4.78, 5) is 12.4. The number of nitrogen functional groups attached to an aromatic ring is 1. The summed E-state index contributed by atoms with van der Waals surface area (Å²) in [6.45, 7) is 0.685. The standard InChI is InChI=1S/C12H12N6/c13-18-8-17-10-11(15-7-16-12(10)18)14-6-9-4-2-1-3-5-9/h1-5,7-8H,6,13H2,(H,14,15,16). The summed E-state index contributed by atoms with van der Waals surface area (Å²) in [5, 5.41) is 3.23. The van der Waals surface area contributed by atoms with Gasteiger partial charge in [0.15, 0.2) is 17.0 Å². The molecule has 0 bridgehead atoms.